The predicted octanol–water partition coefficient (Wildman–Crippen LogP) is 1.72. The summed E-state index contributed by atoms with van der Waals surface area (Å²) in [5.74, 6) is -0.0688. The van der Waals surface area contributed by atoms with Gasteiger partial charge in [0.05, 0.1) is 18.0 Å². The van der Waals surface area contributed by atoms with Crippen LogP contribution in [0, 0.1) is 0 Å². The first kappa shape index (κ1) is 13.0. The van der Waals surface area contributed by atoms with Crippen molar-refractivity contribution in [3.63, 3.8) is 0 Å². The Labute approximate surface area is 112 Å². The summed E-state index contributed by atoms with van der Waals surface area (Å²) in [6, 6.07) is 9.21. The number of para-hydroxylation sites is 1. The van der Waals surface area contributed by atoms with Crippen LogP contribution in [0.15, 0.2) is 42.7 Å². The lowest BCUT2D eigenvalue weighted by Crippen LogP contribution is -2.30. The van der Waals surface area contributed by atoms with Crippen molar-refractivity contribution in [1.29, 1.82) is 0 Å². The van der Waals surface area contributed by atoms with Crippen molar-refractivity contribution in [2.75, 3.05) is 12.3 Å². The van der Waals surface area contributed by atoms with Crippen molar-refractivity contribution >= 4 is 11.6 Å². The number of amides is 1. The molecule has 0 aliphatic rings. The fraction of sp³-hybridized carbons (Fsp3) is 0.214. The van der Waals surface area contributed by atoms with Gasteiger partial charge in [0.25, 0.3) is 5.91 Å². The van der Waals surface area contributed by atoms with E-state index in [1.54, 1.807) is 11.0 Å². The number of anilines is 1. The number of carbonyl (C=O) groups is 1. The van der Waals surface area contributed by atoms with Gasteiger partial charge in [0, 0.05) is 18.8 Å². The molecule has 0 unspecified atom stereocenters. The molecule has 0 spiro atoms. The third-order valence-electron chi connectivity index (χ3n) is 2.92. The van der Waals surface area contributed by atoms with Gasteiger partial charge in [-0.25, -0.2) is 0 Å². The molecule has 2 aromatic rings. The van der Waals surface area contributed by atoms with Crippen LogP contribution in [0.1, 0.15) is 22.8 Å². The minimum atomic E-state index is -0.0688. The van der Waals surface area contributed by atoms with Gasteiger partial charge in [-0.3, -0.25) is 4.79 Å². The van der Waals surface area contributed by atoms with Crippen molar-refractivity contribution in [1.82, 2.24) is 15.1 Å². The Morgan fingerprint density at radius 1 is 1.26 bits per heavy atom. The number of nitrogen functional groups attached to an aromatic ring is 1. The summed E-state index contributed by atoms with van der Waals surface area (Å²) < 4.78 is 0. The minimum Gasteiger partial charge on any atom is -0.398 e. The molecule has 0 radical (unpaired) electrons. The molecule has 0 bridgehead atoms. The number of rotatable bonds is 4. The smallest absolute Gasteiger partial charge is 0.255 e. The highest BCUT2D eigenvalue weighted by molar-refractivity contribution is 5.93. The molecule has 1 aromatic heterocycles. The van der Waals surface area contributed by atoms with Crippen molar-refractivity contribution in [2.45, 2.75) is 13.5 Å². The van der Waals surface area contributed by atoms with Crippen molar-refractivity contribution in [3.8, 4) is 0 Å². The topological polar surface area (TPSA) is 72.1 Å². The fourth-order valence-electron chi connectivity index (χ4n) is 1.81. The maximum atomic E-state index is 12.3. The molecule has 98 valence electrons. The molecule has 0 aliphatic carbocycles. The molecular formula is C14H16N4O. The van der Waals surface area contributed by atoms with Crippen molar-refractivity contribution in [2.24, 2.45) is 0 Å². The number of hydrogen-bond donors (Lipinski definition) is 1. The van der Waals surface area contributed by atoms with Crippen LogP contribution in [0.25, 0.3) is 0 Å². The SMILES string of the molecule is CCN(Cc1ccccc1N)C(=O)c1ccnnc1. The van der Waals surface area contributed by atoms with Crippen molar-refractivity contribution in [3.05, 3.63) is 53.9 Å². The third kappa shape index (κ3) is 3.07. The zero-order valence-corrected chi connectivity index (χ0v) is 10.8. The lowest BCUT2D eigenvalue weighted by Gasteiger charge is -2.21. The molecule has 0 atom stereocenters. The Kier molecular flexibility index (Phi) is 4.07. The molecule has 2 N–H and O–H groups in total. The van der Waals surface area contributed by atoms with Gasteiger partial charge in [-0.15, -0.1) is 0 Å². The van der Waals surface area contributed by atoms with Crippen LogP contribution in [-0.4, -0.2) is 27.5 Å². The number of aromatic nitrogens is 2. The summed E-state index contributed by atoms with van der Waals surface area (Å²) in [6.45, 7) is 3.03. The quantitative estimate of drug-likeness (QED) is 0.845. The van der Waals surface area contributed by atoms with Gasteiger partial charge in [0.1, 0.15) is 0 Å². The first-order valence-electron chi connectivity index (χ1n) is 6.11. The second-order valence-corrected chi connectivity index (χ2v) is 4.15. The van der Waals surface area contributed by atoms with E-state index in [-0.39, 0.29) is 5.91 Å². The molecule has 0 fully saturated rings. The molecule has 1 aromatic carbocycles. The Balaban J connectivity index is 2.17. The lowest BCUT2D eigenvalue weighted by molar-refractivity contribution is 0.0752. The van der Waals surface area contributed by atoms with E-state index in [0.29, 0.717) is 24.3 Å². The highest BCUT2D eigenvalue weighted by atomic mass is 16.2. The van der Waals surface area contributed by atoms with Crippen LogP contribution in [0.2, 0.25) is 0 Å². The number of nitrogens with two attached hydrogens (primary N) is 1. The average molecular weight is 256 g/mol. The fourth-order valence-corrected chi connectivity index (χ4v) is 1.81. The van der Waals surface area contributed by atoms with Crippen LogP contribution in [0.4, 0.5) is 5.69 Å². The Morgan fingerprint density at radius 2 is 2.05 bits per heavy atom. The molecule has 0 saturated carbocycles. The molecule has 5 heteroatoms. The van der Waals surface area contributed by atoms with E-state index in [4.69, 9.17) is 5.73 Å². The second-order valence-electron chi connectivity index (χ2n) is 4.15. The van der Waals surface area contributed by atoms with Gasteiger partial charge < -0.3 is 10.6 Å². The van der Waals surface area contributed by atoms with Crippen LogP contribution in [-0.2, 0) is 6.54 Å². The summed E-state index contributed by atoms with van der Waals surface area (Å²) in [4.78, 5) is 14.0. The normalized spacial score (nSPS) is 10.2. The van der Waals surface area contributed by atoms with Crippen LogP contribution in [0.5, 0.6) is 0 Å². The molecule has 5 nitrogen and oxygen atoms in total. The van der Waals surface area contributed by atoms with E-state index in [1.165, 1.54) is 12.4 Å². The summed E-state index contributed by atoms with van der Waals surface area (Å²) in [6.07, 6.45) is 2.98. The van der Waals surface area contributed by atoms with Crippen LogP contribution < -0.4 is 5.73 Å². The van der Waals surface area contributed by atoms with E-state index in [2.05, 4.69) is 10.2 Å². The maximum Gasteiger partial charge on any atom is 0.255 e. The van der Waals surface area contributed by atoms with E-state index < -0.39 is 0 Å². The van der Waals surface area contributed by atoms with Crippen LogP contribution >= 0.6 is 0 Å². The minimum absolute atomic E-state index is 0.0688. The van der Waals surface area contributed by atoms with E-state index in [1.807, 2.05) is 31.2 Å². The Bertz CT molecular complexity index is 556. The van der Waals surface area contributed by atoms with Crippen LogP contribution in [0.3, 0.4) is 0 Å². The molecule has 19 heavy (non-hydrogen) atoms. The highest BCUT2D eigenvalue weighted by Crippen LogP contribution is 2.14. The van der Waals surface area contributed by atoms with E-state index >= 15 is 0 Å². The highest BCUT2D eigenvalue weighted by Gasteiger charge is 2.15. The number of benzene rings is 1. The molecule has 0 aliphatic heterocycles. The van der Waals surface area contributed by atoms with E-state index in [0.717, 1.165) is 5.56 Å². The Hall–Kier alpha value is -2.43. The van der Waals surface area contributed by atoms with Gasteiger partial charge in [-0.1, -0.05) is 18.2 Å². The molecule has 1 heterocycles. The third-order valence-corrected chi connectivity index (χ3v) is 2.92. The largest absolute Gasteiger partial charge is 0.398 e. The van der Waals surface area contributed by atoms with Gasteiger partial charge in [-0.2, -0.15) is 10.2 Å². The number of carbonyl (C=O) groups excluding carboxylic acids is 1. The molecule has 2 rings (SSSR count). The summed E-state index contributed by atoms with van der Waals surface area (Å²) in [7, 11) is 0. The predicted molar refractivity (Wildman–Crippen MR) is 73.3 cm³/mol. The molecule has 1 amide bonds. The molecular weight excluding hydrogens is 240 g/mol. The van der Waals surface area contributed by atoms with Gasteiger partial charge in [-0.05, 0) is 24.6 Å². The zero-order chi connectivity index (χ0) is 13.7. The van der Waals surface area contributed by atoms with Gasteiger partial charge in [0.2, 0.25) is 0 Å². The zero-order valence-electron chi connectivity index (χ0n) is 10.8. The van der Waals surface area contributed by atoms with Gasteiger partial charge >= 0.3 is 0 Å². The van der Waals surface area contributed by atoms with Crippen molar-refractivity contribution < 1.29 is 4.79 Å². The maximum absolute atomic E-state index is 12.3. The van der Waals surface area contributed by atoms with E-state index in [9.17, 15) is 4.79 Å². The summed E-state index contributed by atoms with van der Waals surface area (Å²) >= 11 is 0. The standard InChI is InChI=1S/C14H16N4O/c1-2-18(10-12-5-3-4-6-13(12)15)14(19)11-7-8-16-17-9-11/h3-9H,2,10,15H2,1H3. The number of nitrogens with zero attached hydrogens (tertiary/aromatic N) is 3. The lowest BCUT2D eigenvalue weighted by atomic mass is 10.1. The Morgan fingerprint density at radius 3 is 2.68 bits per heavy atom. The second kappa shape index (κ2) is 5.95. The monoisotopic (exact) mass is 256 g/mol. The number of hydrogen-bond acceptors (Lipinski definition) is 4. The van der Waals surface area contributed by atoms with Gasteiger partial charge in [0.15, 0.2) is 0 Å². The summed E-state index contributed by atoms with van der Waals surface area (Å²) in [5, 5.41) is 7.40. The summed E-state index contributed by atoms with van der Waals surface area (Å²) in [5.41, 5.74) is 8.08. The first-order valence-corrected chi connectivity index (χ1v) is 6.11. The first-order chi connectivity index (χ1) is 9.22. The molecule has 0 saturated heterocycles. The average Bonchev–Trinajstić information content (AvgIpc) is 2.47.